The van der Waals surface area contributed by atoms with E-state index in [1.807, 2.05) is 23.7 Å². The van der Waals surface area contributed by atoms with Gasteiger partial charge in [-0.1, -0.05) is 27.5 Å². The van der Waals surface area contributed by atoms with Crippen LogP contribution >= 0.6 is 27.5 Å². The molecule has 2 aromatic heterocycles. The van der Waals surface area contributed by atoms with Crippen LogP contribution in [-0.2, 0) is 19.7 Å². The van der Waals surface area contributed by atoms with Crippen LogP contribution < -0.4 is 10.1 Å². The van der Waals surface area contributed by atoms with Gasteiger partial charge in [-0.05, 0) is 43.3 Å². The molecule has 0 unspecified atom stereocenters. The van der Waals surface area contributed by atoms with E-state index in [-0.39, 0.29) is 18.3 Å². The van der Waals surface area contributed by atoms with Gasteiger partial charge in [0.2, 0.25) is 0 Å². The summed E-state index contributed by atoms with van der Waals surface area (Å²) >= 11 is 9.45. The second-order valence-electron chi connectivity index (χ2n) is 5.45. The maximum absolute atomic E-state index is 12.2. The zero-order valence-electron chi connectivity index (χ0n) is 14.0. The third-order valence-corrected chi connectivity index (χ3v) is 4.47. The molecule has 8 heteroatoms. The van der Waals surface area contributed by atoms with E-state index in [1.54, 1.807) is 30.5 Å². The summed E-state index contributed by atoms with van der Waals surface area (Å²) < 4.78 is 13.9. The van der Waals surface area contributed by atoms with E-state index in [0.29, 0.717) is 23.1 Å². The van der Waals surface area contributed by atoms with Gasteiger partial charge in [-0.3, -0.25) is 9.48 Å². The lowest BCUT2D eigenvalue weighted by Gasteiger charge is -2.07. The van der Waals surface area contributed by atoms with Crippen molar-refractivity contribution in [3.05, 3.63) is 69.3 Å². The van der Waals surface area contributed by atoms with E-state index in [0.717, 1.165) is 16.7 Å². The third kappa shape index (κ3) is 4.47. The number of ether oxygens (including phenoxy) is 1. The minimum Gasteiger partial charge on any atom is -0.484 e. The van der Waals surface area contributed by atoms with Gasteiger partial charge in [0, 0.05) is 17.2 Å². The van der Waals surface area contributed by atoms with E-state index < -0.39 is 0 Å². The number of benzene rings is 1. The lowest BCUT2D eigenvalue weighted by molar-refractivity contribution is 0.0918. The summed E-state index contributed by atoms with van der Waals surface area (Å²) in [5.41, 5.74) is 0.931. The van der Waals surface area contributed by atoms with Crippen LogP contribution in [0.15, 0.2) is 51.5 Å². The molecular weight excluding hydrogens is 422 g/mol. The molecule has 0 aliphatic rings. The highest BCUT2D eigenvalue weighted by molar-refractivity contribution is 9.10. The van der Waals surface area contributed by atoms with Crippen LogP contribution in [-0.4, -0.2) is 15.7 Å². The van der Waals surface area contributed by atoms with E-state index >= 15 is 0 Å². The van der Waals surface area contributed by atoms with Gasteiger partial charge in [0.05, 0.1) is 17.3 Å². The zero-order valence-corrected chi connectivity index (χ0v) is 16.4. The van der Waals surface area contributed by atoms with Crippen LogP contribution in [0.3, 0.4) is 0 Å². The molecule has 136 valence electrons. The van der Waals surface area contributed by atoms with E-state index in [2.05, 4.69) is 26.3 Å². The summed E-state index contributed by atoms with van der Waals surface area (Å²) in [6, 6.07) is 10.5. The lowest BCUT2D eigenvalue weighted by atomic mass is 10.3. The lowest BCUT2D eigenvalue weighted by Crippen LogP contribution is -2.24. The second-order valence-corrected chi connectivity index (χ2v) is 6.77. The molecule has 0 bridgehead atoms. The molecule has 26 heavy (non-hydrogen) atoms. The molecule has 0 radical (unpaired) electrons. The quantitative estimate of drug-likeness (QED) is 0.593. The van der Waals surface area contributed by atoms with Gasteiger partial charge in [0.25, 0.3) is 5.91 Å². The largest absolute Gasteiger partial charge is 0.484 e. The third-order valence-electron chi connectivity index (χ3n) is 3.68. The molecule has 0 saturated carbocycles. The number of aromatic nitrogens is 2. The van der Waals surface area contributed by atoms with Crippen LogP contribution in [0.1, 0.15) is 28.9 Å². The number of nitrogens with one attached hydrogen (secondary N) is 1. The zero-order chi connectivity index (χ0) is 18.5. The average molecular weight is 439 g/mol. The number of hydrogen-bond acceptors (Lipinski definition) is 4. The molecule has 3 rings (SSSR count). The molecule has 1 aromatic carbocycles. The van der Waals surface area contributed by atoms with Crippen molar-refractivity contribution in [2.75, 3.05) is 0 Å². The second kappa shape index (κ2) is 8.42. The number of halogens is 2. The van der Waals surface area contributed by atoms with Crippen molar-refractivity contribution in [2.45, 2.75) is 26.6 Å². The highest BCUT2D eigenvalue weighted by atomic mass is 79.9. The number of nitrogens with zero attached hydrogens (tertiary/aromatic N) is 2. The van der Waals surface area contributed by atoms with Gasteiger partial charge in [0.1, 0.15) is 18.1 Å². The number of carbonyl (C=O) groups excluding carboxylic acids is 1. The van der Waals surface area contributed by atoms with Gasteiger partial charge in [-0.2, -0.15) is 5.10 Å². The summed E-state index contributed by atoms with van der Waals surface area (Å²) in [5, 5.41) is 7.48. The van der Waals surface area contributed by atoms with Crippen molar-refractivity contribution in [2.24, 2.45) is 0 Å². The predicted octanol–water partition coefficient (Wildman–Crippen LogP) is 4.42. The number of rotatable bonds is 7. The molecule has 0 aliphatic heterocycles. The summed E-state index contributed by atoms with van der Waals surface area (Å²) in [5.74, 6) is 1.02. The summed E-state index contributed by atoms with van der Waals surface area (Å²) in [4.78, 5) is 12.2. The van der Waals surface area contributed by atoms with Crippen LogP contribution in [0.4, 0.5) is 0 Å². The van der Waals surface area contributed by atoms with Gasteiger partial charge in [-0.15, -0.1) is 0 Å². The van der Waals surface area contributed by atoms with Gasteiger partial charge < -0.3 is 14.5 Å². The van der Waals surface area contributed by atoms with Crippen LogP contribution in [0.2, 0.25) is 5.02 Å². The van der Waals surface area contributed by atoms with E-state index in [9.17, 15) is 4.79 Å². The van der Waals surface area contributed by atoms with Gasteiger partial charge >= 0.3 is 0 Å². The number of furan rings is 1. The van der Waals surface area contributed by atoms with E-state index in [4.69, 9.17) is 20.8 Å². The van der Waals surface area contributed by atoms with Crippen molar-refractivity contribution in [1.82, 2.24) is 15.1 Å². The number of carbonyl (C=O) groups is 1. The predicted molar refractivity (Wildman–Crippen MR) is 101 cm³/mol. The fraction of sp³-hybridized carbons (Fsp3) is 0.222. The maximum atomic E-state index is 12.2. The fourth-order valence-electron chi connectivity index (χ4n) is 2.37. The summed E-state index contributed by atoms with van der Waals surface area (Å²) in [6.45, 7) is 3.30. The smallest absolute Gasteiger partial charge is 0.287 e. The Morgan fingerprint density at radius 3 is 2.96 bits per heavy atom. The monoisotopic (exact) mass is 437 g/mol. The molecule has 0 aliphatic carbocycles. The Hall–Kier alpha value is -2.25. The molecule has 2 heterocycles. The first-order valence-corrected chi connectivity index (χ1v) is 9.19. The highest BCUT2D eigenvalue weighted by Crippen LogP contribution is 2.28. The normalized spacial score (nSPS) is 10.7. The number of amides is 1. The van der Waals surface area contributed by atoms with Crippen LogP contribution in [0, 0.1) is 0 Å². The Labute approximate surface area is 164 Å². The maximum Gasteiger partial charge on any atom is 0.287 e. The topological polar surface area (TPSA) is 69.3 Å². The number of hydrogen-bond donors (Lipinski definition) is 1. The van der Waals surface area contributed by atoms with E-state index in [1.165, 1.54) is 0 Å². The Kier molecular flexibility index (Phi) is 6.00. The van der Waals surface area contributed by atoms with Gasteiger partial charge in [-0.25, -0.2) is 0 Å². The minimum atomic E-state index is -0.290. The Morgan fingerprint density at radius 1 is 1.35 bits per heavy atom. The first-order chi connectivity index (χ1) is 12.6. The Balaban J connectivity index is 1.56. The van der Waals surface area contributed by atoms with Crippen molar-refractivity contribution in [3.8, 4) is 5.75 Å². The molecule has 1 N–H and O–H groups in total. The first-order valence-electron chi connectivity index (χ1n) is 8.02. The molecule has 1 amide bonds. The summed E-state index contributed by atoms with van der Waals surface area (Å²) in [6.07, 6.45) is 1.71. The van der Waals surface area contributed by atoms with Crippen molar-refractivity contribution < 1.29 is 13.9 Å². The Morgan fingerprint density at radius 2 is 2.19 bits per heavy atom. The van der Waals surface area contributed by atoms with Crippen molar-refractivity contribution in [1.29, 1.82) is 0 Å². The average Bonchev–Trinajstić information content (AvgIpc) is 3.28. The van der Waals surface area contributed by atoms with Crippen LogP contribution in [0.25, 0.3) is 0 Å². The molecule has 0 saturated heterocycles. The molecule has 0 spiro atoms. The first kappa shape index (κ1) is 18.5. The van der Waals surface area contributed by atoms with Crippen LogP contribution in [0.5, 0.6) is 5.75 Å². The van der Waals surface area contributed by atoms with Crippen molar-refractivity contribution >= 4 is 33.4 Å². The number of aryl methyl sites for hydroxylation is 1. The molecule has 0 atom stereocenters. The highest BCUT2D eigenvalue weighted by Gasteiger charge is 2.13. The molecular formula is C18H17BrClN3O3. The molecule has 0 fully saturated rings. The van der Waals surface area contributed by atoms with Crippen molar-refractivity contribution in [3.63, 3.8) is 0 Å². The fourth-order valence-corrected chi connectivity index (χ4v) is 3.10. The standard InChI is InChI=1S/C18H17BrClN3O3/c1-2-23-13(7-8-22-23)10-21-18(24)17-6-4-14(26-17)11-25-16-5-3-12(19)9-15(16)20/h3-9H,2,10-11H2,1H3,(H,21,24). The summed E-state index contributed by atoms with van der Waals surface area (Å²) in [7, 11) is 0. The Bertz CT molecular complexity index is 907. The molecule has 3 aromatic rings. The van der Waals surface area contributed by atoms with Gasteiger partial charge in [0.15, 0.2) is 5.76 Å². The molecule has 6 nitrogen and oxygen atoms in total. The SMILES string of the molecule is CCn1nccc1CNC(=O)c1ccc(COc2ccc(Br)cc2Cl)o1. The minimum absolute atomic E-state index is 0.178.